The molecule has 5 nitrogen and oxygen atoms in total. The number of carbonyl (C=O) groups is 1. The summed E-state index contributed by atoms with van der Waals surface area (Å²) in [6.07, 6.45) is -4.62. The first-order valence-corrected chi connectivity index (χ1v) is 9.62. The van der Waals surface area contributed by atoms with Crippen LogP contribution in [0.3, 0.4) is 0 Å². The molecule has 0 radical (unpaired) electrons. The van der Waals surface area contributed by atoms with Crippen molar-refractivity contribution in [2.45, 2.75) is 18.6 Å². The maximum Gasteiger partial charge on any atom is 0.417 e. The Kier molecular flexibility index (Phi) is 6.81. The number of hydrogen-bond donors (Lipinski definition) is 0. The minimum atomic E-state index is -4.65. The molecule has 0 aliphatic carbocycles. The second-order valence-electron chi connectivity index (χ2n) is 7.29. The van der Waals surface area contributed by atoms with Crippen LogP contribution in [0.25, 0.3) is 0 Å². The van der Waals surface area contributed by atoms with E-state index in [4.69, 9.17) is 10.00 Å². The van der Waals surface area contributed by atoms with Gasteiger partial charge in [0.05, 0.1) is 36.3 Å². The van der Waals surface area contributed by atoms with Crippen LogP contribution in [0.15, 0.2) is 42.5 Å². The van der Waals surface area contributed by atoms with Crippen LogP contribution in [0.2, 0.25) is 0 Å². The molecule has 1 atom stereocenters. The highest BCUT2D eigenvalue weighted by Crippen LogP contribution is 2.35. The van der Waals surface area contributed by atoms with Gasteiger partial charge in [-0.1, -0.05) is 12.1 Å². The van der Waals surface area contributed by atoms with Crippen molar-refractivity contribution in [3.8, 4) is 6.07 Å². The van der Waals surface area contributed by atoms with E-state index in [0.29, 0.717) is 24.3 Å². The maximum absolute atomic E-state index is 13.4. The Morgan fingerprint density at radius 1 is 1.23 bits per heavy atom. The topological polar surface area (TPSA) is 56.6 Å². The smallest absolute Gasteiger partial charge is 0.382 e. The fourth-order valence-corrected chi connectivity index (χ4v) is 3.73. The van der Waals surface area contributed by atoms with Crippen molar-refractivity contribution in [1.29, 1.82) is 5.26 Å². The third-order valence-corrected chi connectivity index (χ3v) is 5.20. The number of piperazine rings is 1. The number of rotatable bonds is 5. The van der Waals surface area contributed by atoms with E-state index < -0.39 is 23.1 Å². The molecule has 1 aliphatic heterocycles. The summed E-state index contributed by atoms with van der Waals surface area (Å²) in [7, 11) is 1.48. The van der Waals surface area contributed by atoms with Crippen LogP contribution >= 0.6 is 0 Å². The number of alkyl halides is 3. The summed E-state index contributed by atoms with van der Waals surface area (Å²) in [5.41, 5.74) is -0.569. The lowest BCUT2D eigenvalue weighted by molar-refractivity contribution is -0.137. The van der Waals surface area contributed by atoms with Gasteiger partial charge in [-0.2, -0.15) is 18.4 Å². The Hall–Kier alpha value is -3.12. The predicted octanol–water partition coefficient (Wildman–Crippen LogP) is 3.62. The standard InChI is InChI=1S/C22H21F4N3O2/c1-31-14-19-13-28(21(30)10-15-3-2-4-17(23)9-15)7-8-29(19)18-6-5-16(12-27)20(11-18)22(24,25)26/h2-6,9,11,19H,7-8,10,13-14H2,1H3. The summed E-state index contributed by atoms with van der Waals surface area (Å²) in [6.45, 7) is 1.05. The highest BCUT2D eigenvalue weighted by molar-refractivity contribution is 5.79. The minimum absolute atomic E-state index is 0.0343. The number of halogens is 4. The lowest BCUT2D eigenvalue weighted by atomic mass is 10.0. The monoisotopic (exact) mass is 435 g/mol. The SMILES string of the molecule is COCC1CN(C(=O)Cc2cccc(F)c2)CCN1c1ccc(C#N)c(C(F)(F)F)c1. The number of benzene rings is 2. The van der Waals surface area contributed by atoms with Crippen LogP contribution in [0, 0.1) is 17.1 Å². The Labute approximate surface area is 177 Å². The van der Waals surface area contributed by atoms with Crippen LogP contribution in [0.5, 0.6) is 0 Å². The average molecular weight is 435 g/mol. The number of amides is 1. The van der Waals surface area contributed by atoms with Gasteiger partial charge < -0.3 is 14.5 Å². The number of nitrogens with zero attached hydrogens (tertiary/aromatic N) is 3. The van der Waals surface area contributed by atoms with Gasteiger partial charge in [0.2, 0.25) is 5.91 Å². The molecule has 1 unspecified atom stereocenters. The normalized spacial score (nSPS) is 16.8. The van der Waals surface area contributed by atoms with Crippen molar-refractivity contribution in [2.24, 2.45) is 0 Å². The third-order valence-electron chi connectivity index (χ3n) is 5.20. The number of anilines is 1. The molecule has 0 N–H and O–H groups in total. The number of nitriles is 1. The molecule has 0 saturated carbocycles. The molecular weight excluding hydrogens is 414 g/mol. The van der Waals surface area contributed by atoms with Crippen LogP contribution in [-0.2, 0) is 22.1 Å². The van der Waals surface area contributed by atoms with E-state index in [1.54, 1.807) is 21.9 Å². The highest BCUT2D eigenvalue weighted by atomic mass is 19.4. The zero-order valence-electron chi connectivity index (χ0n) is 16.8. The second kappa shape index (κ2) is 9.35. The average Bonchev–Trinajstić information content (AvgIpc) is 2.73. The minimum Gasteiger partial charge on any atom is -0.382 e. The Balaban J connectivity index is 1.79. The van der Waals surface area contributed by atoms with Gasteiger partial charge in [0.25, 0.3) is 0 Å². The van der Waals surface area contributed by atoms with Gasteiger partial charge in [0, 0.05) is 32.4 Å². The molecule has 9 heteroatoms. The van der Waals surface area contributed by atoms with Crippen molar-refractivity contribution < 1.29 is 27.1 Å². The molecule has 0 spiro atoms. The second-order valence-corrected chi connectivity index (χ2v) is 7.29. The molecular formula is C22H21F4N3O2. The maximum atomic E-state index is 13.4. The van der Waals surface area contributed by atoms with Gasteiger partial charge in [-0.25, -0.2) is 4.39 Å². The largest absolute Gasteiger partial charge is 0.417 e. The Morgan fingerprint density at radius 3 is 2.65 bits per heavy atom. The predicted molar refractivity (Wildman–Crippen MR) is 106 cm³/mol. The van der Waals surface area contributed by atoms with Gasteiger partial charge in [0.1, 0.15) is 5.82 Å². The van der Waals surface area contributed by atoms with Crippen LogP contribution in [-0.4, -0.2) is 50.2 Å². The molecule has 0 bridgehead atoms. The van der Waals surface area contributed by atoms with Gasteiger partial charge in [-0.3, -0.25) is 4.79 Å². The molecule has 2 aromatic rings. The van der Waals surface area contributed by atoms with E-state index in [1.807, 2.05) is 0 Å². The van der Waals surface area contributed by atoms with E-state index in [0.717, 1.165) is 12.1 Å². The van der Waals surface area contributed by atoms with Crippen LogP contribution < -0.4 is 4.90 Å². The summed E-state index contributed by atoms with van der Waals surface area (Å²) in [5.74, 6) is -0.615. The lowest BCUT2D eigenvalue weighted by Gasteiger charge is -2.42. The van der Waals surface area contributed by atoms with E-state index in [-0.39, 0.29) is 31.5 Å². The lowest BCUT2D eigenvalue weighted by Crippen LogP contribution is -2.56. The van der Waals surface area contributed by atoms with E-state index in [1.165, 1.54) is 31.4 Å². The Bertz CT molecular complexity index is 987. The van der Waals surface area contributed by atoms with E-state index >= 15 is 0 Å². The summed E-state index contributed by atoms with van der Waals surface area (Å²) < 4.78 is 58.7. The van der Waals surface area contributed by atoms with E-state index in [9.17, 15) is 22.4 Å². The van der Waals surface area contributed by atoms with Crippen molar-refractivity contribution in [1.82, 2.24) is 4.90 Å². The van der Waals surface area contributed by atoms with Gasteiger partial charge in [-0.05, 0) is 35.9 Å². The fourth-order valence-electron chi connectivity index (χ4n) is 3.73. The van der Waals surface area contributed by atoms with Crippen LogP contribution in [0.1, 0.15) is 16.7 Å². The molecule has 1 heterocycles. The summed E-state index contributed by atoms with van der Waals surface area (Å²) in [4.78, 5) is 16.1. The molecule has 164 valence electrons. The van der Waals surface area contributed by atoms with Gasteiger partial charge >= 0.3 is 6.18 Å². The molecule has 1 saturated heterocycles. The molecule has 31 heavy (non-hydrogen) atoms. The zero-order chi connectivity index (χ0) is 22.6. The van der Waals surface area contributed by atoms with Crippen molar-refractivity contribution in [3.05, 3.63) is 65.0 Å². The molecule has 0 aromatic heterocycles. The van der Waals surface area contributed by atoms with Crippen LogP contribution in [0.4, 0.5) is 23.2 Å². The summed E-state index contributed by atoms with van der Waals surface area (Å²) >= 11 is 0. The molecule has 2 aromatic carbocycles. The highest BCUT2D eigenvalue weighted by Gasteiger charge is 2.36. The van der Waals surface area contributed by atoms with Crippen molar-refractivity contribution >= 4 is 11.6 Å². The molecule has 1 aliphatic rings. The fraction of sp³-hybridized carbons (Fsp3) is 0.364. The number of hydrogen-bond acceptors (Lipinski definition) is 4. The van der Waals surface area contributed by atoms with Gasteiger partial charge in [0.15, 0.2) is 0 Å². The number of carbonyl (C=O) groups excluding carboxylic acids is 1. The number of methoxy groups -OCH3 is 1. The van der Waals surface area contributed by atoms with Crippen molar-refractivity contribution in [2.75, 3.05) is 38.3 Å². The molecule has 1 amide bonds. The van der Waals surface area contributed by atoms with E-state index in [2.05, 4.69) is 0 Å². The molecule has 1 fully saturated rings. The van der Waals surface area contributed by atoms with Crippen molar-refractivity contribution in [3.63, 3.8) is 0 Å². The number of ether oxygens (including phenoxy) is 1. The molecule has 3 rings (SSSR count). The first-order valence-electron chi connectivity index (χ1n) is 9.62. The third kappa shape index (κ3) is 5.33. The first kappa shape index (κ1) is 22.6. The quantitative estimate of drug-likeness (QED) is 0.674. The first-order chi connectivity index (χ1) is 14.7. The summed E-state index contributed by atoms with van der Waals surface area (Å²) in [6, 6.07) is 10.6. The van der Waals surface area contributed by atoms with Gasteiger partial charge in [-0.15, -0.1) is 0 Å². The summed E-state index contributed by atoms with van der Waals surface area (Å²) in [5, 5.41) is 9.00. The zero-order valence-corrected chi connectivity index (χ0v) is 16.8. The Morgan fingerprint density at radius 2 is 2.00 bits per heavy atom.